The van der Waals surface area contributed by atoms with Crippen LogP contribution in [0.4, 0.5) is 4.79 Å². The van der Waals surface area contributed by atoms with Crippen molar-refractivity contribution >= 4 is 12.0 Å². The van der Waals surface area contributed by atoms with Gasteiger partial charge in [0.1, 0.15) is 11.6 Å². The zero-order chi connectivity index (χ0) is 15.5. The van der Waals surface area contributed by atoms with Gasteiger partial charge in [0.25, 0.3) is 0 Å². The highest BCUT2D eigenvalue weighted by atomic mass is 16.6. The van der Waals surface area contributed by atoms with Gasteiger partial charge >= 0.3 is 6.09 Å². The SMILES string of the molecule is CCC(C)CN1C(=O)[C@@H](NC(=O)OC(C)(C)C)CC1C. The van der Waals surface area contributed by atoms with Crippen molar-refractivity contribution in [1.29, 1.82) is 0 Å². The molecule has 1 saturated heterocycles. The molecule has 0 aliphatic carbocycles. The fourth-order valence-corrected chi connectivity index (χ4v) is 2.29. The van der Waals surface area contributed by atoms with Gasteiger partial charge < -0.3 is 15.0 Å². The molecule has 0 aromatic heterocycles. The third-order valence-corrected chi connectivity index (χ3v) is 3.59. The van der Waals surface area contributed by atoms with Crippen molar-refractivity contribution in [2.45, 2.75) is 72.1 Å². The summed E-state index contributed by atoms with van der Waals surface area (Å²) in [6.45, 7) is 12.4. The lowest BCUT2D eigenvalue weighted by Crippen LogP contribution is -2.44. The summed E-state index contributed by atoms with van der Waals surface area (Å²) in [5.41, 5.74) is -0.548. The van der Waals surface area contributed by atoms with Gasteiger partial charge in [-0.3, -0.25) is 4.79 Å². The number of nitrogens with one attached hydrogen (secondary N) is 1. The number of ether oxygens (including phenoxy) is 1. The third kappa shape index (κ3) is 4.69. The molecule has 0 radical (unpaired) electrons. The van der Waals surface area contributed by atoms with E-state index in [4.69, 9.17) is 4.74 Å². The van der Waals surface area contributed by atoms with E-state index in [0.29, 0.717) is 12.3 Å². The van der Waals surface area contributed by atoms with E-state index in [1.54, 1.807) is 20.8 Å². The lowest BCUT2D eigenvalue weighted by atomic mass is 10.1. The fraction of sp³-hybridized carbons (Fsp3) is 0.867. The average Bonchev–Trinajstić information content (AvgIpc) is 2.54. The summed E-state index contributed by atoms with van der Waals surface area (Å²) in [6, 6.07) is -0.291. The molecule has 5 nitrogen and oxygen atoms in total. The molecule has 0 aromatic carbocycles. The van der Waals surface area contributed by atoms with Gasteiger partial charge in [0.2, 0.25) is 5.91 Å². The monoisotopic (exact) mass is 284 g/mol. The first-order valence-corrected chi connectivity index (χ1v) is 7.44. The van der Waals surface area contributed by atoms with E-state index in [-0.39, 0.29) is 11.9 Å². The highest BCUT2D eigenvalue weighted by Gasteiger charge is 2.38. The Kier molecular flexibility index (Phi) is 5.42. The number of carbonyl (C=O) groups excluding carboxylic acids is 2. The largest absolute Gasteiger partial charge is 0.444 e. The minimum Gasteiger partial charge on any atom is -0.444 e. The quantitative estimate of drug-likeness (QED) is 0.863. The maximum Gasteiger partial charge on any atom is 0.408 e. The predicted molar refractivity (Wildman–Crippen MR) is 78.4 cm³/mol. The molecule has 1 N–H and O–H groups in total. The summed E-state index contributed by atoms with van der Waals surface area (Å²) in [5.74, 6) is 0.477. The molecule has 0 aromatic rings. The summed E-state index contributed by atoms with van der Waals surface area (Å²) < 4.78 is 5.20. The molecule has 1 fully saturated rings. The number of carbonyl (C=O) groups is 2. The van der Waals surface area contributed by atoms with Gasteiger partial charge in [-0.1, -0.05) is 20.3 Å². The zero-order valence-corrected chi connectivity index (χ0v) is 13.5. The number of alkyl carbamates (subject to hydrolysis) is 1. The molecule has 2 unspecified atom stereocenters. The van der Waals surface area contributed by atoms with Crippen LogP contribution in [0.3, 0.4) is 0 Å². The van der Waals surface area contributed by atoms with Crippen LogP contribution < -0.4 is 5.32 Å². The number of likely N-dealkylation sites (tertiary alicyclic amines) is 1. The molecule has 1 aliphatic rings. The zero-order valence-electron chi connectivity index (χ0n) is 13.5. The van der Waals surface area contributed by atoms with Crippen molar-refractivity contribution in [3.63, 3.8) is 0 Å². The number of hydrogen-bond acceptors (Lipinski definition) is 3. The van der Waals surface area contributed by atoms with Crippen LogP contribution in [-0.4, -0.2) is 41.1 Å². The van der Waals surface area contributed by atoms with Crippen LogP contribution in [-0.2, 0) is 9.53 Å². The first-order chi connectivity index (χ1) is 9.14. The number of amides is 2. The second-order valence-electron chi connectivity index (χ2n) is 6.79. The van der Waals surface area contributed by atoms with Crippen molar-refractivity contribution in [1.82, 2.24) is 10.2 Å². The van der Waals surface area contributed by atoms with Gasteiger partial charge in [-0.25, -0.2) is 4.79 Å². The molecule has 0 spiro atoms. The molecule has 116 valence electrons. The van der Waals surface area contributed by atoms with Crippen molar-refractivity contribution in [3.8, 4) is 0 Å². The van der Waals surface area contributed by atoms with Crippen molar-refractivity contribution in [3.05, 3.63) is 0 Å². The Bertz CT molecular complexity index is 363. The van der Waals surface area contributed by atoms with E-state index in [1.807, 2.05) is 11.8 Å². The molecule has 3 atom stereocenters. The average molecular weight is 284 g/mol. The van der Waals surface area contributed by atoms with E-state index >= 15 is 0 Å². The van der Waals surface area contributed by atoms with Crippen LogP contribution >= 0.6 is 0 Å². The Morgan fingerprint density at radius 2 is 2.10 bits per heavy atom. The Balaban J connectivity index is 2.58. The van der Waals surface area contributed by atoms with Crippen LogP contribution in [0.2, 0.25) is 0 Å². The van der Waals surface area contributed by atoms with E-state index in [2.05, 4.69) is 19.2 Å². The van der Waals surface area contributed by atoms with Gasteiger partial charge in [-0.05, 0) is 40.0 Å². The van der Waals surface area contributed by atoms with Crippen LogP contribution in [0.5, 0.6) is 0 Å². The Hall–Kier alpha value is -1.26. The Labute approximate surface area is 122 Å². The number of hydrogen-bond donors (Lipinski definition) is 1. The lowest BCUT2D eigenvalue weighted by molar-refractivity contribution is -0.131. The maximum atomic E-state index is 12.3. The normalized spacial score (nSPS) is 24.7. The molecular weight excluding hydrogens is 256 g/mol. The second kappa shape index (κ2) is 6.46. The van der Waals surface area contributed by atoms with Crippen molar-refractivity contribution in [2.24, 2.45) is 5.92 Å². The predicted octanol–water partition coefficient (Wildman–Crippen LogP) is 2.55. The topological polar surface area (TPSA) is 58.6 Å². The standard InChI is InChI=1S/C15H28N2O3/c1-7-10(2)9-17-11(3)8-12(13(17)18)16-14(19)20-15(4,5)6/h10-12H,7-9H2,1-6H3,(H,16,19)/t10?,11?,12-/m0/s1. The maximum absolute atomic E-state index is 12.3. The smallest absolute Gasteiger partial charge is 0.408 e. The summed E-state index contributed by atoms with van der Waals surface area (Å²) in [5, 5.41) is 2.68. The Morgan fingerprint density at radius 3 is 2.60 bits per heavy atom. The van der Waals surface area contributed by atoms with E-state index in [1.165, 1.54) is 0 Å². The highest BCUT2D eigenvalue weighted by molar-refractivity contribution is 5.88. The van der Waals surface area contributed by atoms with Crippen LogP contribution in [0, 0.1) is 5.92 Å². The van der Waals surface area contributed by atoms with Crippen LogP contribution in [0.25, 0.3) is 0 Å². The van der Waals surface area contributed by atoms with Gasteiger partial charge in [0.05, 0.1) is 0 Å². The van der Waals surface area contributed by atoms with Gasteiger partial charge in [-0.15, -0.1) is 0 Å². The van der Waals surface area contributed by atoms with Crippen molar-refractivity contribution in [2.75, 3.05) is 6.54 Å². The summed E-state index contributed by atoms with van der Waals surface area (Å²) in [4.78, 5) is 25.9. The molecule has 1 aliphatic heterocycles. The molecule has 0 bridgehead atoms. The minimum atomic E-state index is -0.548. The third-order valence-electron chi connectivity index (χ3n) is 3.59. The number of rotatable bonds is 4. The number of nitrogens with zero attached hydrogens (tertiary/aromatic N) is 1. The molecule has 2 amide bonds. The molecule has 1 rings (SSSR count). The first-order valence-electron chi connectivity index (χ1n) is 7.44. The first kappa shape index (κ1) is 16.8. The summed E-state index contributed by atoms with van der Waals surface area (Å²) in [6.07, 6.45) is 1.17. The molecule has 5 heteroatoms. The second-order valence-corrected chi connectivity index (χ2v) is 6.79. The van der Waals surface area contributed by atoms with Gasteiger partial charge in [0.15, 0.2) is 0 Å². The van der Waals surface area contributed by atoms with E-state index in [0.717, 1.165) is 13.0 Å². The van der Waals surface area contributed by atoms with Gasteiger partial charge in [0, 0.05) is 12.6 Å². The summed E-state index contributed by atoms with van der Waals surface area (Å²) in [7, 11) is 0. The Morgan fingerprint density at radius 1 is 1.50 bits per heavy atom. The molecule has 1 heterocycles. The van der Waals surface area contributed by atoms with E-state index < -0.39 is 17.7 Å². The molecule has 0 saturated carbocycles. The lowest BCUT2D eigenvalue weighted by Gasteiger charge is -2.25. The minimum absolute atomic E-state index is 0.00339. The van der Waals surface area contributed by atoms with Crippen molar-refractivity contribution < 1.29 is 14.3 Å². The highest BCUT2D eigenvalue weighted by Crippen LogP contribution is 2.21. The molecule has 20 heavy (non-hydrogen) atoms. The van der Waals surface area contributed by atoms with Crippen LogP contribution in [0.1, 0.15) is 54.4 Å². The fourth-order valence-electron chi connectivity index (χ4n) is 2.29. The van der Waals surface area contributed by atoms with E-state index in [9.17, 15) is 9.59 Å². The van der Waals surface area contributed by atoms with Gasteiger partial charge in [-0.2, -0.15) is 0 Å². The molecular formula is C15H28N2O3. The summed E-state index contributed by atoms with van der Waals surface area (Å²) >= 11 is 0. The van der Waals surface area contributed by atoms with Crippen LogP contribution in [0.15, 0.2) is 0 Å².